The molecule has 0 atom stereocenters. The first-order chi connectivity index (χ1) is 11.4. The van der Waals surface area contributed by atoms with Crippen LogP contribution >= 0.6 is 0 Å². The molecule has 7 heteroatoms. The van der Waals surface area contributed by atoms with Gasteiger partial charge in [0.15, 0.2) is 5.65 Å². The molecule has 4 rings (SSSR count). The zero-order valence-corrected chi connectivity index (χ0v) is 14.0. The molecule has 1 aliphatic rings. The minimum absolute atomic E-state index is 0.123. The highest BCUT2D eigenvalue weighted by atomic mass is 16.1. The van der Waals surface area contributed by atoms with Gasteiger partial charge in [0.25, 0.3) is 5.56 Å². The molecule has 3 aromatic heterocycles. The predicted octanol–water partition coefficient (Wildman–Crippen LogP) is 1.87. The number of rotatable bonds is 2. The molecule has 7 nitrogen and oxygen atoms in total. The second kappa shape index (κ2) is 5.15. The van der Waals surface area contributed by atoms with Crippen LogP contribution in [0.1, 0.15) is 32.5 Å². The number of anilines is 1. The normalized spacial score (nSPS) is 15.7. The van der Waals surface area contributed by atoms with Gasteiger partial charge < -0.3 is 9.88 Å². The molecule has 1 fully saturated rings. The fourth-order valence-corrected chi connectivity index (χ4v) is 3.00. The third kappa shape index (κ3) is 2.36. The smallest absolute Gasteiger partial charge is 0.262 e. The van der Waals surface area contributed by atoms with E-state index in [9.17, 15) is 4.79 Å². The molecule has 0 aromatic carbocycles. The maximum atomic E-state index is 12.4. The van der Waals surface area contributed by atoms with E-state index in [0.717, 1.165) is 24.7 Å². The molecule has 4 heterocycles. The van der Waals surface area contributed by atoms with Crippen LogP contribution in [0, 0.1) is 0 Å². The Morgan fingerprint density at radius 1 is 1.25 bits per heavy atom. The van der Waals surface area contributed by atoms with E-state index in [1.54, 1.807) is 12.4 Å². The summed E-state index contributed by atoms with van der Waals surface area (Å²) >= 11 is 0. The summed E-state index contributed by atoms with van der Waals surface area (Å²) in [6, 6.07) is 5.87. The average molecular weight is 324 g/mol. The second-order valence-corrected chi connectivity index (χ2v) is 7.21. The lowest BCUT2D eigenvalue weighted by atomic mass is 9.99. The number of hydrogen-bond donors (Lipinski definition) is 1. The lowest BCUT2D eigenvalue weighted by molar-refractivity contribution is 0.365. The minimum Gasteiger partial charge on any atom is -0.355 e. The van der Waals surface area contributed by atoms with Gasteiger partial charge in [0, 0.05) is 19.3 Å². The maximum absolute atomic E-state index is 12.4. The number of pyridine rings is 1. The molecule has 0 unspecified atom stereocenters. The first-order valence-corrected chi connectivity index (χ1v) is 8.08. The Morgan fingerprint density at radius 2 is 2.04 bits per heavy atom. The van der Waals surface area contributed by atoms with Crippen molar-refractivity contribution in [3.05, 3.63) is 46.8 Å². The van der Waals surface area contributed by atoms with Crippen LogP contribution in [0.2, 0.25) is 0 Å². The third-order valence-corrected chi connectivity index (χ3v) is 4.33. The molecule has 3 aromatic rings. The van der Waals surface area contributed by atoms with E-state index in [0.29, 0.717) is 11.0 Å². The van der Waals surface area contributed by atoms with Crippen molar-refractivity contribution in [3.8, 4) is 0 Å². The Hall–Kier alpha value is -2.70. The average Bonchev–Trinajstić information content (AvgIpc) is 2.91. The molecular formula is C17H20N6O. The molecule has 124 valence electrons. The number of nitrogens with one attached hydrogen (secondary N) is 1. The zero-order valence-electron chi connectivity index (χ0n) is 14.0. The van der Waals surface area contributed by atoms with Gasteiger partial charge in [0.1, 0.15) is 17.0 Å². The zero-order chi connectivity index (χ0) is 16.9. The first kappa shape index (κ1) is 14.9. The SMILES string of the molecule is CC(C)(C)n1ncc2c(=O)[nH]c(C3CN(c4ccccn4)C3)nc21. The van der Waals surface area contributed by atoms with Crippen molar-refractivity contribution < 1.29 is 0 Å². The molecule has 0 spiro atoms. The molecule has 0 saturated carbocycles. The van der Waals surface area contributed by atoms with Crippen LogP contribution in [0.25, 0.3) is 11.0 Å². The largest absolute Gasteiger partial charge is 0.355 e. The lowest BCUT2D eigenvalue weighted by Gasteiger charge is -2.39. The number of nitrogens with zero attached hydrogens (tertiary/aromatic N) is 5. The van der Waals surface area contributed by atoms with Crippen LogP contribution in [-0.4, -0.2) is 37.8 Å². The number of H-pyrrole nitrogens is 1. The monoisotopic (exact) mass is 324 g/mol. The van der Waals surface area contributed by atoms with Gasteiger partial charge >= 0.3 is 0 Å². The van der Waals surface area contributed by atoms with Gasteiger partial charge in [-0.05, 0) is 32.9 Å². The van der Waals surface area contributed by atoms with E-state index in [1.807, 2.05) is 43.7 Å². The number of aromatic amines is 1. The van der Waals surface area contributed by atoms with Crippen molar-refractivity contribution in [2.75, 3.05) is 18.0 Å². The van der Waals surface area contributed by atoms with Crippen molar-refractivity contribution in [1.29, 1.82) is 0 Å². The second-order valence-electron chi connectivity index (χ2n) is 7.21. The molecule has 0 radical (unpaired) electrons. The lowest BCUT2D eigenvalue weighted by Crippen LogP contribution is -2.46. The Labute approximate surface area is 139 Å². The van der Waals surface area contributed by atoms with Crippen LogP contribution in [0.15, 0.2) is 35.4 Å². The maximum Gasteiger partial charge on any atom is 0.262 e. The van der Waals surface area contributed by atoms with Gasteiger partial charge in [-0.3, -0.25) is 4.79 Å². The summed E-state index contributed by atoms with van der Waals surface area (Å²) in [6.07, 6.45) is 3.38. The van der Waals surface area contributed by atoms with Crippen molar-refractivity contribution in [2.24, 2.45) is 0 Å². The van der Waals surface area contributed by atoms with E-state index in [1.165, 1.54) is 0 Å². The van der Waals surface area contributed by atoms with E-state index in [4.69, 9.17) is 4.98 Å². The molecule has 0 amide bonds. The molecular weight excluding hydrogens is 304 g/mol. The molecule has 0 bridgehead atoms. The van der Waals surface area contributed by atoms with Crippen LogP contribution in [0.3, 0.4) is 0 Å². The quantitative estimate of drug-likeness (QED) is 0.778. The fourth-order valence-electron chi connectivity index (χ4n) is 3.00. The van der Waals surface area contributed by atoms with Crippen LogP contribution in [-0.2, 0) is 5.54 Å². The highest BCUT2D eigenvalue weighted by Crippen LogP contribution is 2.29. The molecule has 1 saturated heterocycles. The highest BCUT2D eigenvalue weighted by molar-refractivity contribution is 5.73. The van der Waals surface area contributed by atoms with E-state index >= 15 is 0 Å². The highest BCUT2D eigenvalue weighted by Gasteiger charge is 2.32. The van der Waals surface area contributed by atoms with Crippen molar-refractivity contribution in [1.82, 2.24) is 24.7 Å². The Kier molecular flexibility index (Phi) is 3.19. The number of aromatic nitrogens is 5. The van der Waals surface area contributed by atoms with Gasteiger partial charge in [-0.15, -0.1) is 0 Å². The Morgan fingerprint density at radius 3 is 2.71 bits per heavy atom. The summed E-state index contributed by atoms with van der Waals surface area (Å²) in [5.74, 6) is 1.88. The Bertz CT molecular complexity index is 931. The van der Waals surface area contributed by atoms with Crippen molar-refractivity contribution in [2.45, 2.75) is 32.2 Å². The summed E-state index contributed by atoms with van der Waals surface area (Å²) in [7, 11) is 0. The Balaban J connectivity index is 1.65. The van der Waals surface area contributed by atoms with Crippen LogP contribution in [0.5, 0.6) is 0 Å². The minimum atomic E-state index is -0.223. The fraction of sp³-hybridized carbons (Fsp3) is 0.412. The van der Waals surface area contributed by atoms with E-state index < -0.39 is 0 Å². The first-order valence-electron chi connectivity index (χ1n) is 8.08. The summed E-state index contributed by atoms with van der Waals surface area (Å²) in [5, 5.41) is 4.88. The topological polar surface area (TPSA) is 79.7 Å². The van der Waals surface area contributed by atoms with Gasteiger partial charge in [-0.2, -0.15) is 5.10 Å². The predicted molar refractivity (Wildman–Crippen MR) is 92.3 cm³/mol. The summed E-state index contributed by atoms with van der Waals surface area (Å²) in [4.78, 5) is 26.5. The van der Waals surface area contributed by atoms with Crippen molar-refractivity contribution >= 4 is 16.9 Å². The van der Waals surface area contributed by atoms with Crippen molar-refractivity contribution in [3.63, 3.8) is 0 Å². The van der Waals surface area contributed by atoms with Gasteiger partial charge in [0.2, 0.25) is 0 Å². The summed E-state index contributed by atoms with van der Waals surface area (Å²) < 4.78 is 1.82. The standard InChI is InChI=1S/C17H20N6O/c1-17(2,3)23-15-12(8-19-23)16(24)21-14(20-15)11-9-22(10-11)13-6-4-5-7-18-13/h4-8,11H,9-10H2,1-3H3,(H,20,21,24). The summed E-state index contributed by atoms with van der Waals surface area (Å²) in [6.45, 7) is 7.75. The molecule has 24 heavy (non-hydrogen) atoms. The van der Waals surface area contributed by atoms with E-state index in [-0.39, 0.29) is 17.0 Å². The van der Waals surface area contributed by atoms with E-state index in [2.05, 4.69) is 20.0 Å². The third-order valence-electron chi connectivity index (χ3n) is 4.33. The molecule has 1 aliphatic heterocycles. The van der Waals surface area contributed by atoms with Gasteiger partial charge in [0.05, 0.1) is 17.7 Å². The van der Waals surface area contributed by atoms with Gasteiger partial charge in [-0.1, -0.05) is 6.07 Å². The molecule has 0 aliphatic carbocycles. The summed E-state index contributed by atoms with van der Waals surface area (Å²) in [5.41, 5.74) is 0.304. The molecule has 1 N–H and O–H groups in total. The number of fused-ring (bicyclic) bond motifs is 1. The van der Waals surface area contributed by atoms with Crippen LogP contribution in [0.4, 0.5) is 5.82 Å². The van der Waals surface area contributed by atoms with Crippen LogP contribution < -0.4 is 10.5 Å². The number of hydrogen-bond acceptors (Lipinski definition) is 5. The van der Waals surface area contributed by atoms with Gasteiger partial charge in [-0.25, -0.2) is 14.6 Å².